The van der Waals surface area contributed by atoms with E-state index in [-0.39, 0.29) is 28.2 Å². The van der Waals surface area contributed by atoms with Crippen LogP contribution in [0, 0.1) is 6.92 Å². The lowest BCUT2D eigenvalue weighted by Gasteiger charge is -2.14. The van der Waals surface area contributed by atoms with Crippen LogP contribution in [-0.4, -0.2) is 27.9 Å². The minimum Gasteiger partial charge on any atom is -1.00 e. The van der Waals surface area contributed by atoms with Crippen LogP contribution in [0.4, 0.5) is 0 Å². The zero-order valence-electron chi connectivity index (χ0n) is 19.4. The molecule has 0 aliphatic heterocycles. The van der Waals surface area contributed by atoms with Crippen molar-refractivity contribution in [2.45, 2.75) is 13.5 Å². The summed E-state index contributed by atoms with van der Waals surface area (Å²) in [6.07, 6.45) is 3.94. The molecule has 0 aliphatic rings. The van der Waals surface area contributed by atoms with Gasteiger partial charge in [0.1, 0.15) is 17.9 Å². The van der Waals surface area contributed by atoms with E-state index in [4.69, 9.17) is 30.2 Å². The van der Waals surface area contributed by atoms with Crippen molar-refractivity contribution in [3.05, 3.63) is 75.7 Å². The van der Waals surface area contributed by atoms with E-state index in [0.29, 0.717) is 39.7 Å². The number of pyridine rings is 1. The number of nitrogens with zero attached hydrogens (tertiary/aromatic N) is 1. The molecule has 0 N–H and O–H groups in total. The number of hydrogen-bond acceptors (Lipinski definition) is 5. The van der Waals surface area contributed by atoms with Crippen molar-refractivity contribution >= 4 is 22.6 Å². The first-order valence-corrected chi connectivity index (χ1v) is 10.8. The monoisotopic (exact) mass is 545 g/mol. The SMILES string of the molecule is COCC[n+]1ccc(-c2c(C)ccc3oc(-c4ccc(OC)c(Cl)c4)c(OC)c(=O)c23)cc1.[Br-]. The van der Waals surface area contributed by atoms with Crippen LogP contribution >= 0.6 is 11.6 Å². The average Bonchev–Trinajstić information content (AvgIpc) is 2.83. The van der Waals surface area contributed by atoms with Gasteiger partial charge in [-0.25, -0.2) is 4.57 Å². The molecule has 0 bridgehead atoms. The molecule has 178 valence electrons. The number of aromatic nitrogens is 1. The lowest BCUT2D eigenvalue weighted by atomic mass is 9.96. The Hall–Kier alpha value is -2.87. The number of hydrogen-bond donors (Lipinski definition) is 0. The van der Waals surface area contributed by atoms with Gasteiger partial charge in [-0.05, 0) is 42.3 Å². The van der Waals surface area contributed by atoms with Gasteiger partial charge in [-0.3, -0.25) is 4.79 Å². The zero-order valence-corrected chi connectivity index (χ0v) is 21.7. The van der Waals surface area contributed by atoms with Crippen molar-refractivity contribution in [2.24, 2.45) is 0 Å². The molecule has 4 aromatic rings. The van der Waals surface area contributed by atoms with E-state index >= 15 is 0 Å². The largest absolute Gasteiger partial charge is 1.00 e. The van der Waals surface area contributed by atoms with Crippen LogP contribution < -0.4 is 36.5 Å². The maximum atomic E-state index is 13.7. The normalized spacial score (nSPS) is 10.7. The number of aryl methyl sites for hydroxylation is 1. The number of rotatable bonds is 7. The summed E-state index contributed by atoms with van der Waals surface area (Å²) < 4.78 is 24.2. The summed E-state index contributed by atoms with van der Waals surface area (Å²) in [5.74, 6) is 0.980. The summed E-state index contributed by atoms with van der Waals surface area (Å²) in [5, 5.41) is 0.889. The topological polar surface area (TPSA) is 61.8 Å². The lowest BCUT2D eigenvalue weighted by molar-refractivity contribution is -0.698. The third kappa shape index (κ3) is 4.82. The summed E-state index contributed by atoms with van der Waals surface area (Å²) >= 11 is 6.31. The molecule has 2 heterocycles. The first-order chi connectivity index (χ1) is 16.0. The summed E-state index contributed by atoms with van der Waals surface area (Å²) in [7, 11) is 4.68. The van der Waals surface area contributed by atoms with Crippen molar-refractivity contribution < 1.29 is 40.2 Å². The van der Waals surface area contributed by atoms with E-state index in [1.807, 2.05) is 48.1 Å². The van der Waals surface area contributed by atoms with Crippen LogP contribution in [0.2, 0.25) is 5.02 Å². The van der Waals surface area contributed by atoms with Gasteiger partial charge < -0.3 is 35.6 Å². The molecule has 6 nitrogen and oxygen atoms in total. The quantitative estimate of drug-likeness (QED) is 0.332. The summed E-state index contributed by atoms with van der Waals surface area (Å²) in [5.41, 5.74) is 3.55. The van der Waals surface area contributed by atoms with Crippen molar-refractivity contribution in [3.63, 3.8) is 0 Å². The minimum absolute atomic E-state index is 0. The lowest BCUT2D eigenvalue weighted by Crippen LogP contribution is -3.00. The van der Waals surface area contributed by atoms with Crippen molar-refractivity contribution in [3.8, 4) is 33.9 Å². The molecular weight excluding hydrogens is 522 g/mol. The van der Waals surface area contributed by atoms with E-state index in [0.717, 1.165) is 23.2 Å². The maximum absolute atomic E-state index is 13.7. The van der Waals surface area contributed by atoms with Crippen molar-refractivity contribution in [2.75, 3.05) is 27.9 Å². The molecule has 0 spiro atoms. The Bertz CT molecular complexity index is 1370. The van der Waals surface area contributed by atoms with Crippen molar-refractivity contribution in [1.29, 1.82) is 0 Å². The Balaban J connectivity index is 0.00000324. The van der Waals surface area contributed by atoms with Gasteiger partial charge in [0.05, 0.1) is 24.6 Å². The first kappa shape index (κ1) is 25.7. The first-order valence-electron chi connectivity index (χ1n) is 10.4. The smallest absolute Gasteiger partial charge is 0.235 e. The second kappa shape index (κ2) is 11.0. The minimum atomic E-state index is -0.240. The Morgan fingerprint density at radius 1 is 0.971 bits per heavy atom. The van der Waals surface area contributed by atoms with Crippen LogP contribution in [0.15, 0.2) is 64.1 Å². The number of fused-ring (bicyclic) bond motifs is 1. The number of halogens is 2. The van der Waals surface area contributed by atoms with Crippen LogP contribution in [0.5, 0.6) is 11.5 Å². The van der Waals surface area contributed by atoms with E-state index < -0.39 is 0 Å². The highest BCUT2D eigenvalue weighted by Crippen LogP contribution is 2.38. The molecule has 4 rings (SSSR count). The van der Waals surface area contributed by atoms with Crippen LogP contribution in [0.3, 0.4) is 0 Å². The van der Waals surface area contributed by atoms with E-state index in [1.165, 1.54) is 7.11 Å². The molecule has 0 unspecified atom stereocenters. The average molecular weight is 547 g/mol. The Morgan fingerprint density at radius 3 is 2.32 bits per heavy atom. The van der Waals surface area contributed by atoms with Crippen LogP contribution in [0.1, 0.15) is 5.56 Å². The fourth-order valence-electron chi connectivity index (χ4n) is 3.90. The highest BCUT2D eigenvalue weighted by atomic mass is 79.9. The highest BCUT2D eigenvalue weighted by Gasteiger charge is 2.22. The summed E-state index contributed by atoms with van der Waals surface area (Å²) in [6.45, 7) is 3.34. The van der Waals surface area contributed by atoms with Gasteiger partial charge in [-0.15, -0.1) is 0 Å². The van der Waals surface area contributed by atoms with Gasteiger partial charge in [0.15, 0.2) is 24.7 Å². The third-order valence-electron chi connectivity index (χ3n) is 5.58. The molecule has 0 saturated heterocycles. The summed E-state index contributed by atoms with van der Waals surface area (Å²) in [6, 6.07) is 12.9. The molecule has 0 aliphatic carbocycles. The maximum Gasteiger partial charge on any atom is 0.235 e. The van der Waals surface area contributed by atoms with Gasteiger partial charge in [0.2, 0.25) is 11.2 Å². The molecule has 34 heavy (non-hydrogen) atoms. The number of methoxy groups -OCH3 is 3. The zero-order chi connectivity index (χ0) is 23.5. The number of benzene rings is 2. The van der Waals surface area contributed by atoms with Crippen LogP contribution in [0.25, 0.3) is 33.4 Å². The predicted octanol–water partition coefficient (Wildman–Crippen LogP) is 2.04. The fourth-order valence-corrected chi connectivity index (χ4v) is 4.15. The van der Waals surface area contributed by atoms with E-state index in [2.05, 4.69) is 0 Å². The fraction of sp³-hybridized carbons (Fsp3) is 0.231. The molecular formula is C26H25BrClNO5. The van der Waals surface area contributed by atoms with E-state index in [9.17, 15) is 4.79 Å². The standard InChI is InChI=1S/C26H25ClNO5.BrH/c1-16-5-7-21-23(22(16)17-9-11-28(12-10-17)13-14-30-2)24(29)26(32-4)25(33-21)18-6-8-20(31-3)19(27)15-18;/h5-12,15H,13-14H2,1-4H3;1H/q+1;/p-1. The van der Waals surface area contributed by atoms with Gasteiger partial charge in [-0.1, -0.05) is 17.7 Å². The summed E-state index contributed by atoms with van der Waals surface area (Å²) in [4.78, 5) is 13.7. The van der Waals surface area contributed by atoms with Gasteiger partial charge in [0.25, 0.3) is 0 Å². The van der Waals surface area contributed by atoms with Gasteiger partial charge >= 0.3 is 0 Å². The Labute approximate surface area is 213 Å². The highest BCUT2D eigenvalue weighted by molar-refractivity contribution is 6.32. The van der Waals surface area contributed by atoms with Gasteiger partial charge in [0, 0.05) is 30.4 Å². The molecule has 8 heteroatoms. The molecule has 2 aromatic heterocycles. The number of ether oxygens (including phenoxy) is 3. The van der Waals surface area contributed by atoms with Crippen LogP contribution in [-0.2, 0) is 11.3 Å². The van der Waals surface area contributed by atoms with Gasteiger partial charge in [-0.2, -0.15) is 0 Å². The van der Waals surface area contributed by atoms with E-state index in [1.54, 1.807) is 32.4 Å². The Morgan fingerprint density at radius 2 is 1.71 bits per heavy atom. The molecule has 0 saturated carbocycles. The second-order valence-corrected chi connectivity index (χ2v) is 8.00. The van der Waals surface area contributed by atoms with Crippen molar-refractivity contribution in [1.82, 2.24) is 0 Å². The molecule has 0 amide bonds. The molecule has 0 fully saturated rings. The third-order valence-corrected chi connectivity index (χ3v) is 5.87. The molecule has 0 radical (unpaired) electrons. The second-order valence-electron chi connectivity index (χ2n) is 7.59. The predicted molar refractivity (Wildman–Crippen MR) is 128 cm³/mol. The Kier molecular flexibility index (Phi) is 8.36. The molecule has 0 atom stereocenters. The molecule has 2 aromatic carbocycles.